The number of anilines is 1. The van der Waals surface area contributed by atoms with E-state index in [1.807, 2.05) is 36.2 Å². The van der Waals surface area contributed by atoms with E-state index in [4.69, 9.17) is 9.47 Å². The van der Waals surface area contributed by atoms with Crippen LogP contribution < -0.4 is 14.4 Å². The van der Waals surface area contributed by atoms with Crippen molar-refractivity contribution in [2.24, 2.45) is 4.99 Å². The van der Waals surface area contributed by atoms with Crippen LogP contribution in [0.25, 0.3) is 0 Å². The quantitative estimate of drug-likeness (QED) is 0.233. The zero-order chi connectivity index (χ0) is 29.4. The molecule has 7 heteroatoms. The molecule has 1 fully saturated rings. The molecule has 6 nitrogen and oxygen atoms in total. The van der Waals surface area contributed by atoms with Crippen LogP contribution in [-0.2, 0) is 4.79 Å². The molecule has 2 unspecified atom stereocenters. The van der Waals surface area contributed by atoms with Crippen molar-refractivity contribution < 1.29 is 18.7 Å². The van der Waals surface area contributed by atoms with Gasteiger partial charge in [0.2, 0.25) is 12.7 Å². The molecular formula is C34H46FN3O3. The summed E-state index contributed by atoms with van der Waals surface area (Å²) in [6.07, 6.45) is 10.4. The van der Waals surface area contributed by atoms with E-state index in [0.29, 0.717) is 18.0 Å². The first-order chi connectivity index (χ1) is 19.8. The van der Waals surface area contributed by atoms with Gasteiger partial charge in [0.25, 0.3) is 0 Å². The van der Waals surface area contributed by atoms with Crippen LogP contribution in [0.2, 0.25) is 0 Å². The molecule has 222 valence electrons. The second-order valence-corrected chi connectivity index (χ2v) is 11.4. The molecule has 0 aromatic heterocycles. The summed E-state index contributed by atoms with van der Waals surface area (Å²) in [5.74, 6) is 1.71. The van der Waals surface area contributed by atoms with Gasteiger partial charge in [-0.15, -0.1) is 0 Å². The fourth-order valence-electron chi connectivity index (χ4n) is 6.18. The summed E-state index contributed by atoms with van der Waals surface area (Å²) in [6, 6.07) is 11.6. The number of aliphatic imine (C=N–C) groups is 1. The Morgan fingerprint density at radius 2 is 1.90 bits per heavy atom. The van der Waals surface area contributed by atoms with Gasteiger partial charge in [0.1, 0.15) is 5.82 Å². The Morgan fingerprint density at radius 3 is 2.61 bits per heavy atom. The van der Waals surface area contributed by atoms with E-state index < -0.39 is 0 Å². The number of amides is 1. The average molecular weight is 564 g/mol. The molecule has 2 heterocycles. The molecule has 2 aliphatic rings. The van der Waals surface area contributed by atoms with E-state index >= 15 is 0 Å². The fraction of sp³-hybridized carbons (Fsp3) is 0.529. The van der Waals surface area contributed by atoms with E-state index in [1.165, 1.54) is 11.6 Å². The van der Waals surface area contributed by atoms with Crippen molar-refractivity contribution in [3.8, 4) is 11.5 Å². The molecule has 0 bridgehead atoms. The van der Waals surface area contributed by atoms with Crippen LogP contribution in [-0.4, -0.2) is 48.5 Å². The van der Waals surface area contributed by atoms with Crippen LogP contribution in [0.15, 0.2) is 53.7 Å². The largest absolute Gasteiger partial charge is 0.454 e. The van der Waals surface area contributed by atoms with Crippen molar-refractivity contribution in [2.45, 2.75) is 97.6 Å². The molecule has 1 saturated heterocycles. The van der Waals surface area contributed by atoms with Gasteiger partial charge in [0, 0.05) is 36.2 Å². The second kappa shape index (κ2) is 14.6. The van der Waals surface area contributed by atoms with E-state index in [2.05, 4.69) is 42.8 Å². The summed E-state index contributed by atoms with van der Waals surface area (Å²) in [6.45, 7) is 11.5. The molecule has 1 amide bonds. The lowest BCUT2D eigenvalue weighted by Gasteiger charge is -2.34. The Kier molecular flexibility index (Phi) is 11.0. The maximum Gasteiger partial charge on any atom is 0.241 e. The fourth-order valence-corrected chi connectivity index (χ4v) is 6.18. The standard InChI is InChI=1S/C34H46FN3O3/c1-6-9-28(10-7-2)38(30-14-15-31(35)24(4)18-30)34(39)22-37-21-27(19-29(37)13-11-25(5)36-17-8-3)26-12-16-32-33(20-26)41-23-40-32/h8,12,14-18,20,27-29H,6-7,9-11,13,19,21-23H2,1-5H3/b17-8-,36-25?. The minimum absolute atomic E-state index is 0.0820. The van der Waals surface area contributed by atoms with Gasteiger partial charge in [-0.3, -0.25) is 14.7 Å². The molecule has 2 atom stereocenters. The number of carbonyl (C=O) groups is 1. The molecule has 4 rings (SSSR count). The van der Waals surface area contributed by atoms with Gasteiger partial charge in [-0.1, -0.05) is 38.8 Å². The molecule has 0 saturated carbocycles. The van der Waals surface area contributed by atoms with E-state index in [9.17, 15) is 9.18 Å². The third-order valence-corrected chi connectivity index (χ3v) is 8.31. The number of allylic oxidation sites excluding steroid dienone is 1. The number of carbonyl (C=O) groups excluding carboxylic acids is 1. The van der Waals surface area contributed by atoms with Crippen molar-refractivity contribution in [1.82, 2.24) is 4.90 Å². The molecule has 2 aromatic carbocycles. The minimum atomic E-state index is -0.246. The number of fused-ring (bicyclic) bond motifs is 1. The number of hydrogen-bond acceptors (Lipinski definition) is 5. The highest BCUT2D eigenvalue weighted by molar-refractivity contribution is 5.95. The molecule has 41 heavy (non-hydrogen) atoms. The Morgan fingerprint density at radius 1 is 1.15 bits per heavy atom. The summed E-state index contributed by atoms with van der Waals surface area (Å²) in [5.41, 5.74) is 3.66. The summed E-state index contributed by atoms with van der Waals surface area (Å²) in [7, 11) is 0. The van der Waals surface area contributed by atoms with Crippen molar-refractivity contribution in [3.05, 3.63) is 65.6 Å². The molecule has 0 spiro atoms. The number of likely N-dealkylation sites (tertiary alicyclic amines) is 1. The number of ether oxygens (including phenoxy) is 2. The van der Waals surface area contributed by atoms with Gasteiger partial charge in [0.15, 0.2) is 11.5 Å². The van der Waals surface area contributed by atoms with Gasteiger partial charge in [-0.05, 0) is 100 Å². The van der Waals surface area contributed by atoms with Crippen LogP contribution in [0.1, 0.15) is 89.7 Å². The maximum atomic E-state index is 14.2. The summed E-state index contributed by atoms with van der Waals surface area (Å²) in [4.78, 5) is 23.1. The van der Waals surface area contributed by atoms with Crippen LogP contribution in [0.3, 0.4) is 0 Å². The van der Waals surface area contributed by atoms with Crippen molar-refractivity contribution in [1.29, 1.82) is 0 Å². The second-order valence-electron chi connectivity index (χ2n) is 11.4. The number of aryl methyl sites for hydroxylation is 1. The number of nitrogens with zero attached hydrogens (tertiary/aromatic N) is 3. The number of halogens is 1. The molecular weight excluding hydrogens is 517 g/mol. The first-order valence-electron chi connectivity index (χ1n) is 15.2. The van der Waals surface area contributed by atoms with Crippen molar-refractivity contribution >= 4 is 17.3 Å². The molecule has 0 N–H and O–H groups in total. The third kappa shape index (κ3) is 7.76. The smallest absolute Gasteiger partial charge is 0.241 e. The monoisotopic (exact) mass is 563 g/mol. The van der Waals surface area contributed by atoms with Gasteiger partial charge in [-0.2, -0.15) is 0 Å². The number of rotatable bonds is 13. The Balaban J connectivity index is 1.59. The predicted octanol–water partition coefficient (Wildman–Crippen LogP) is 7.80. The minimum Gasteiger partial charge on any atom is -0.454 e. The first kappa shape index (κ1) is 30.8. The Bertz CT molecular complexity index is 1240. The van der Waals surface area contributed by atoms with Crippen LogP contribution >= 0.6 is 0 Å². The SMILES string of the molecule is C/C=C\N=C(C)CCC1CC(c2ccc3c(c2)OCO3)CN1CC(=O)N(c1ccc(F)c(C)c1)C(CCC)CCC. The zero-order valence-corrected chi connectivity index (χ0v) is 25.4. The van der Waals surface area contributed by atoms with Gasteiger partial charge in [-0.25, -0.2) is 4.39 Å². The lowest BCUT2D eigenvalue weighted by Crippen LogP contribution is -2.47. The van der Waals surface area contributed by atoms with Crippen LogP contribution in [0, 0.1) is 12.7 Å². The third-order valence-electron chi connectivity index (χ3n) is 8.31. The van der Waals surface area contributed by atoms with Gasteiger partial charge >= 0.3 is 0 Å². The maximum absolute atomic E-state index is 14.2. The van der Waals surface area contributed by atoms with Crippen molar-refractivity contribution in [3.63, 3.8) is 0 Å². The molecule has 2 aliphatic heterocycles. The van der Waals surface area contributed by atoms with Gasteiger partial charge in [0.05, 0.1) is 6.54 Å². The Labute approximate surface area is 245 Å². The average Bonchev–Trinajstić information content (AvgIpc) is 3.59. The molecule has 0 aliphatic carbocycles. The highest BCUT2D eigenvalue weighted by Crippen LogP contribution is 2.39. The van der Waals surface area contributed by atoms with E-state index in [-0.39, 0.29) is 30.6 Å². The zero-order valence-electron chi connectivity index (χ0n) is 25.4. The summed E-state index contributed by atoms with van der Waals surface area (Å²) < 4.78 is 25.4. The van der Waals surface area contributed by atoms with Crippen LogP contribution in [0.5, 0.6) is 11.5 Å². The number of hydrogen-bond donors (Lipinski definition) is 0. The van der Waals surface area contributed by atoms with Crippen LogP contribution in [0.4, 0.5) is 10.1 Å². The highest BCUT2D eigenvalue weighted by atomic mass is 19.1. The molecule has 2 aromatic rings. The normalized spacial score (nSPS) is 19.0. The summed E-state index contributed by atoms with van der Waals surface area (Å²) >= 11 is 0. The predicted molar refractivity (Wildman–Crippen MR) is 165 cm³/mol. The van der Waals surface area contributed by atoms with E-state index in [0.717, 1.165) is 74.4 Å². The Hall–Kier alpha value is -3.19. The summed E-state index contributed by atoms with van der Waals surface area (Å²) in [5, 5.41) is 0. The van der Waals surface area contributed by atoms with Gasteiger partial charge < -0.3 is 14.4 Å². The first-order valence-corrected chi connectivity index (χ1v) is 15.2. The van der Waals surface area contributed by atoms with E-state index in [1.54, 1.807) is 13.0 Å². The molecule has 0 radical (unpaired) electrons. The lowest BCUT2D eigenvalue weighted by molar-refractivity contribution is -0.120. The highest BCUT2D eigenvalue weighted by Gasteiger charge is 2.36. The lowest BCUT2D eigenvalue weighted by atomic mass is 9.94. The topological polar surface area (TPSA) is 54.4 Å². The van der Waals surface area contributed by atoms with Crippen molar-refractivity contribution in [2.75, 3.05) is 24.8 Å². The number of benzene rings is 2.